The Labute approximate surface area is 178 Å². The first-order chi connectivity index (χ1) is 14.6. The summed E-state index contributed by atoms with van der Waals surface area (Å²) in [6.45, 7) is 3.06. The molecule has 0 radical (unpaired) electrons. The van der Waals surface area contributed by atoms with Crippen LogP contribution in [-0.4, -0.2) is 52.8 Å². The largest absolute Gasteiger partial charge is 0.341 e. The van der Waals surface area contributed by atoms with Crippen LogP contribution in [-0.2, 0) is 11.2 Å². The van der Waals surface area contributed by atoms with E-state index in [1.165, 1.54) is 12.0 Å². The molecule has 0 N–H and O–H groups in total. The van der Waals surface area contributed by atoms with Gasteiger partial charge in [-0.15, -0.1) is 0 Å². The first-order valence-electron chi connectivity index (χ1n) is 11.2. The fraction of sp³-hybridized carbons (Fsp3) is 0.480. The molecular weight excluding hydrogens is 374 g/mol. The van der Waals surface area contributed by atoms with Crippen molar-refractivity contribution >= 4 is 11.8 Å². The van der Waals surface area contributed by atoms with Gasteiger partial charge < -0.3 is 9.80 Å². The van der Waals surface area contributed by atoms with Gasteiger partial charge in [0.25, 0.3) is 5.91 Å². The van der Waals surface area contributed by atoms with Crippen molar-refractivity contribution < 1.29 is 9.59 Å². The molecule has 0 unspecified atom stereocenters. The van der Waals surface area contributed by atoms with Gasteiger partial charge in [-0.05, 0) is 43.4 Å². The Morgan fingerprint density at radius 3 is 2.37 bits per heavy atom. The Kier molecular flexibility index (Phi) is 5.05. The Morgan fingerprint density at radius 1 is 0.967 bits per heavy atom. The lowest BCUT2D eigenvalue weighted by atomic mass is 9.76. The molecule has 0 bridgehead atoms. The topological polar surface area (TPSA) is 53.5 Å². The highest BCUT2D eigenvalue weighted by molar-refractivity contribution is 5.94. The van der Waals surface area contributed by atoms with Gasteiger partial charge in [0.15, 0.2) is 0 Å². The van der Waals surface area contributed by atoms with E-state index in [0.717, 1.165) is 51.9 Å². The lowest BCUT2D eigenvalue weighted by Crippen LogP contribution is -2.42. The first-order valence-corrected chi connectivity index (χ1v) is 11.2. The molecule has 0 spiro atoms. The van der Waals surface area contributed by atoms with Gasteiger partial charge >= 0.3 is 0 Å². The van der Waals surface area contributed by atoms with Crippen LogP contribution in [0.3, 0.4) is 0 Å². The predicted molar refractivity (Wildman–Crippen MR) is 115 cm³/mol. The summed E-state index contributed by atoms with van der Waals surface area (Å²) in [5, 5.41) is 0. The summed E-state index contributed by atoms with van der Waals surface area (Å²) < 4.78 is 0. The number of pyridine rings is 1. The number of nitrogens with zero attached hydrogens (tertiary/aromatic N) is 3. The first kappa shape index (κ1) is 19.3. The highest BCUT2D eigenvalue weighted by Crippen LogP contribution is 2.47. The molecule has 1 aromatic carbocycles. The molecule has 3 heterocycles. The third kappa shape index (κ3) is 3.51. The fourth-order valence-corrected chi connectivity index (χ4v) is 5.49. The van der Waals surface area contributed by atoms with Crippen LogP contribution in [0.5, 0.6) is 0 Å². The Balaban J connectivity index is 1.35. The van der Waals surface area contributed by atoms with E-state index < -0.39 is 0 Å². The van der Waals surface area contributed by atoms with Gasteiger partial charge in [-0.2, -0.15) is 0 Å². The fourth-order valence-electron chi connectivity index (χ4n) is 5.49. The van der Waals surface area contributed by atoms with Crippen molar-refractivity contribution in [2.45, 2.75) is 32.1 Å². The van der Waals surface area contributed by atoms with Gasteiger partial charge in [-0.25, -0.2) is 0 Å². The summed E-state index contributed by atoms with van der Waals surface area (Å²) in [7, 11) is 0. The molecule has 5 rings (SSSR count). The number of carbonyl (C=O) groups excluding carboxylic acids is 2. The Morgan fingerprint density at radius 2 is 1.67 bits per heavy atom. The second kappa shape index (κ2) is 7.86. The van der Waals surface area contributed by atoms with Gasteiger partial charge in [0.05, 0.1) is 0 Å². The second-order valence-electron chi connectivity index (χ2n) is 9.31. The highest BCUT2D eigenvalue weighted by Gasteiger charge is 2.54. The molecule has 5 nitrogen and oxygen atoms in total. The number of likely N-dealkylation sites (tertiary alicyclic amines) is 2. The molecule has 30 heavy (non-hydrogen) atoms. The van der Waals surface area contributed by atoms with Crippen LogP contribution in [0.25, 0.3) is 0 Å². The number of hydrogen-bond acceptors (Lipinski definition) is 3. The Bertz CT molecular complexity index is 913. The number of rotatable bonds is 5. The molecule has 1 aromatic heterocycles. The molecule has 2 aliphatic heterocycles. The van der Waals surface area contributed by atoms with Crippen LogP contribution in [0, 0.1) is 17.3 Å². The third-order valence-corrected chi connectivity index (χ3v) is 7.49. The highest BCUT2D eigenvalue weighted by atomic mass is 16.2. The van der Waals surface area contributed by atoms with Crippen molar-refractivity contribution in [1.82, 2.24) is 14.8 Å². The van der Waals surface area contributed by atoms with Crippen LogP contribution >= 0.6 is 0 Å². The van der Waals surface area contributed by atoms with Gasteiger partial charge in [0.2, 0.25) is 5.91 Å². The zero-order chi connectivity index (χ0) is 20.6. The van der Waals surface area contributed by atoms with E-state index in [1.807, 2.05) is 11.0 Å². The number of aryl methyl sites for hydroxylation is 1. The number of benzene rings is 1. The van der Waals surface area contributed by atoms with Crippen LogP contribution in [0.4, 0.5) is 0 Å². The van der Waals surface area contributed by atoms with Crippen LogP contribution in [0.15, 0.2) is 54.9 Å². The molecule has 3 fully saturated rings. The van der Waals surface area contributed by atoms with Crippen molar-refractivity contribution in [3.05, 3.63) is 66.0 Å². The standard InChI is InChI=1S/C25H29N3O2/c29-23(20-7-4-8-20)27-15-22-16-28(24(30)21-10-13-26-14-11-21)18-25(22,17-27)12-9-19-5-2-1-3-6-19/h1-3,5-6,10-11,13-14,20,22H,4,7-9,12,15-18H2/t22-,25+/m1/s1. The summed E-state index contributed by atoms with van der Waals surface area (Å²) in [5.74, 6) is 1.03. The van der Waals surface area contributed by atoms with E-state index in [1.54, 1.807) is 24.5 Å². The zero-order valence-electron chi connectivity index (χ0n) is 17.4. The van der Waals surface area contributed by atoms with Crippen LogP contribution < -0.4 is 0 Å². The summed E-state index contributed by atoms with van der Waals surface area (Å²) in [6, 6.07) is 14.1. The summed E-state index contributed by atoms with van der Waals surface area (Å²) in [4.78, 5) is 34.2. The Hall–Kier alpha value is -2.69. The molecule has 2 atom stereocenters. The molecule has 156 valence electrons. The normalized spacial score (nSPS) is 25.8. The predicted octanol–water partition coefficient (Wildman–Crippen LogP) is 3.42. The van der Waals surface area contributed by atoms with Gasteiger partial charge in [0, 0.05) is 61.4 Å². The maximum Gasteiger partial charge on any atom is 0.253 e. The van der Waals surface area contributed by atoms with Crippen molar-refractivity contribution in [1.29, 1.82) is 0 Å². The van der Waals surface area contributed by atoms with E-state index in [2.05, 4.69) is 34.1 Å². The number of hydrogen-bond donors (Lipinski definition) is 0. The molecule has 1 saturated carbocycles. The summed E-state index contributed by atoms with van der Waals surface area (Å²) in [6.07, 6.45) is 8.62. The number of fused-ring (bicyclic) bond motifs is 1. The maximum absolute atomic E-state index is 13.1. The average Bonchev–Trinajstić information content (AvgIpc) is 3.26. The maximum atomic E-state index is 13.1. The number of aromatic nitrogens is 1. The van der Waals surface area contributed by atoms with Gasteiger partial charge in [-0.1, -0.05) is 36.8 Å². The van der Waals surface area contributed by atoms with Crippen molar-refractivity contribution in [3.8, 4) is 0 Å². The number of carbonyl (C=O) groups is 2. The lowest BCUT2D eigenvalue weighted by molar-refractivity contribution is -0.137. The van der Waals surface area contributed by atoms with Gasteiger partial charge in [-0.3, -0.25) is 14.6 Å². The molecule has 2 amide bonds. The lowest BCUT2D eigenvalue weighted by Gasteiger charge is -2.32. The average molecular weight is 404 g/mol. The van der Waals surface area contributed by atoms with Crippen molar-refractivity contribution in [2.24, 2.45) is 17.3 Å². The smallest absolute Gasteiger partial charge is 0.253 e. The van der Waals surface area contributed by atoms with Gasteiger partial charge in [0.1, 0.15) is 0 Å². The molecule has 1 aliphatic carbocycles. The van der Waals surface area contributed by atoms with E-state index in [4.69, 9.17) is 0 Å². The van der Waals surface area contributed by atoms with Crippen LogP contribution in [0.2, 0.25) is 0 Å². The summed E-state index contributed by atoms with van der Waals surface area (Å²) >= 11 is 0. The molecular formula is C25H29N3O2. The number of amides is 2. The minimum atomic E-state index is -0.00204. The third-order valence-electron chi connectivity index (χ3n) is 7.49. The van der Waals surface area contributed by atoms with Crippen LogP contribution in [0.1, 0.15) is 41.6 Å². The molecule has 3 aliphatic rings. The van der Waals surface area contributed by atoms with Crippen molar-refractivity contribution in [2.75, 3.05) is 26.2 Å². The minimum Gasteiger partial charge on any atom is -0.341 e. The van der Waals surface area contributed by atoms with E-state index in [0.29, 0.717) is 17.4 Å². The SMILES string of the molecule is O=C(c1ccncc1)N1C[C@H]2CN(C(=O)C3CCC3)C[C@@]2(CCc2ccccc2)C1. The minimum absolute atomic E-state index is 0.00204. The van der Waals surface area contributed by atoms with E-state index in [-0.39, 0.29) is 17.2 Å². The zero-order valence-corrected chi connectivity index (χ0v) is 17.4. The second-order valence-corrected chi connectivity index (χ2v) is 9.31. The molecule has 2 aromatic rings. The molecule has 5 heteroatoms. The molecule has 2 saturated heterocycles. The monoisotopic (exact) mass is 403 g/mol. The van der Waals surface area contributed by atoms with Crippen molar-refractivity contribution in [3.63, 3.8) is 0 Å². The van der Waals surface area contributed by atoms with E-state index in [9.17, 15) is 9.59 Å². The summed E-state index contributed by atoms with van der Waals surface area (Å²) in [5.41, 5.74) is 2.02. The van der Waals surface area contributed by atoms with E-state index >= 15 is 0 Å². The quantitative estimate of drug-likeness (QED) is 0.769.